The van der Waals surface area contributed by atoms with E-state index in [1.54, 1.807) is 0 Å². The van der Waals surface area contributed by atoms with E-state index in [0.717, 1.165) is 38.8 Å². The summed E-state index contributed by atoms with van der Waals surface area (Å²) >= 11 is 0. The molecule has 0 bridgehead atoms. The molecule has 0 spiro atoms. The van der Waals surface area contributed by atoms with Gasteiger partial charge < -0.3 is 10.6 Å². The van der Waals surface area contributed by atoms with Gasteiger partial charge in [-0.05, 0) is 44.1 Å². The second-order valence-electron chi connectivity index (χ2n) is 6.84. The van der Waals surface area contributed by atoms with Crippen LogP contribution in [-0.2, 0) is 4.79 Å². The number of piperidine rings is 1. The van der Waals surface area contributed by atoms with Crippen LogP contribution >= 0.6 is 0 Å². The average molecular weight is 252 g/mol. The maximum atomic E-state index is 12.2. The zero-order valence-corrected chi connectivity index (χ0v) is 12.1. The van der Waals surface area contributed by atoms with Gasteiger partial charge in [-0.15, -0.1) is 0 Å². The van der Waals surface area contributed by atoms with Gasteiger partial charge >= 0.3 is 0 Å². The lowest BCUT2D eigenvalue weighted by atomic mass is 9.77. The first-order chi connectivity index (χ1) is 8.50. The molecule has 2 N–H and O–H groups in total. The van der Waals surface area contributed by atoms with Crippen LogP contribution < -0.4 is 10.6 Å². The van der Waals surface area contributed by atoms with Crippen molar-refractivity contribution in [1.29, 1.82) is 0 Å². The molecule has 0 aromatic carbocycles. The molecule has 3 heteroatoms. The summed E-state index contributed by atoms with van der Waals surface area (Å²) in [6.07, 6.45) is 6.85. The number of hydrogen-bond donors (Lipinski definition) is 2. The normalized spacial score (nSPS) is 28.7. The molecule has 0 aromatic heterocycles. The summed E-state index contributed by atoms with van der Waals surface area (Å²) in [5, 5.41) is 6.75. The number of carbonyl (C=O) groups is 1. The van der Waals surface area contributed by atoms with Crippen molar-refractivity contribution in [2.45, 2.75) is 65.3 Å². The van der Waals surface area contributed by atoms with Crippen molar-refractivity contribution in [3.8, 4) is 0 Å². The van der Waals surface area contributed by atoms with Crippen LogP contribution in [0.5, 0.6) is 0 Å². The number of rotatable bonds is 5. The lowest BCUT2D eigenvalue weighted by Crippen LogP contribution is -2.53. The van der Waals surface area contributed by atoms with Crippen LogP contribution in [0.15, 0.2) is 0 Å². The molecular formula is C15H28N2O. The Morgan fingerprint density at radius 1 is 1.33 bits per heavy atom. The van der Waals surface area contributed by atoms with Gasteiger partial charge in [0.05, 0.1) is 0 Å². The standard InChI is InChI=1S/C15H28N2O/c1-4-6-15(8-9-15)13(18)17-11-12-14(2,3)7-5-10-16-12/h12,16H,4-11H2,1-3H3,(H,17,18). The Hall–Kier alpha value is -0.570. The van der Waals surface area contributed by atoms with Crippen molar-refractivity contribution in [3.05, 3.63) is 0 Å². The molecule has 2 rings (SSSR count). The van der Waals surface area contributed by atoms with Crippen LogP contribution in [0, 0.1) is 10.8 Å². The smallest absolute Gasteiger partial charge is 0.226 e. The first-order valence-corrected chi connectivity index (χ1v) is 7.52. The summed E-state index contributed by atoms with van der Waals surface area (Å²) in [7, 11) is 0. The van der Waals surface area contributed by atoms with E-state index in [-0.39, 0.29) is 5.41 Å². The third kappa shape index (κ3) is 2.87. The summed E-state index contributed by atoms with van der Waals surface area (Å²) in [5.74, 6) is 0.299. The first kappa shape index (κ1) is 13.9. The summed E-state index contributed by atoms with van der Waals surface area (Å²) in [5.41, 5.74) is 0.306. The predicted octanol–water partition coefficient (Wildman–Crippen LogP) is 2.46. The summed E-state index contributed by atoms with van der Waals surface area (Å²) in [4.78, 5) is 12.2. The van der Waals surface area contributed by atoms with Gasteiger partial charge in [-0.25, -0.2) is 0 Å². The van der Waals surface area contributed by atoms with Crippen molar-refractivity contribution < 1.29 is 4.79 Å². The third-order valence-corrected chi connectivity index (χ3v) is 4.86. The Morgan fingerprint density at radius 2 is 2.06 bits per heavy atom. The molecule has 18 heavy (non-hydrogen) atoms. The van der Waals surface area contributed by atoms with Crippen LogP contribution in [0.1, 0.15) is 59.3 Å². The Balaban J connectivity index is 1.82. The zero-order valence-electron chi connectivity index (χ0n) is 12.1. The molecule has 104 valence electrons. The molecule has 1 heterocycles. The molecule has 0 radical (unpaired) electrons. The highest BCUT2D eigenvalue weighted by molar-refractivity contribution is 5.85. The van der Waals surface area contributed by atoms with Crippen molar-refractivity contribution in [1.82, 2.24) is 10.6 Å². The second-order valence-corrected chi connectivity index (χ2v) is 6.84. The van der Waals surface area contributed by atoms with Crippen LogP contribution in [0.25, 0.3) is 0 Å². The van der Waals surface area contributed by atoms with E-state index >= 15 is 0 Å². The van der Waals surface area contributed by atoms with Crippen LogP contribution in [0.2, 0.25) is 0 Å². The fourth-order valence-corrected chi connectivity index (χ4v) is 3.22. The van der Waals surface area contributed by atoms with Gasteiger partial charge in [-0.2, -0.15) is 0 Å². The molecule has 1 aliphatic carbocycles. The lowest BCUT2D eigenvalue weighted by molar-refractivity contribution is -0.126. The van der Waals surface area contributed by atoms with Gasteiger partial charge in [0.2, 0.25) is 5.91 Å². The molecular weight excluding hydrogens is 224 g/mol. The minimum absolute atomic E-state index is 0.00750. The summed E-state index contributed by atoms with van der Waals surface area (Å²) in [6, 6.07) is 0.424. The first-order valence-electron chi connectivity index (χ1n) is 7.52. The van der Waals surface area contributed by atoms with Gasteiger partial charge in [0, 0.05) is 18.0 Å². The van der Waals surface area contributed by atoms with Gasteiger partial charge in [-0.3, -0.25) is 4.79 Å². The highest BCUT2D eigenvalue weighted by atomic mass is 16.2. The monoisotopic (exact) mass is 252 g/mol. The number of carbonyl (C=O) groups excluding carboxylic acids is 1. The molecule has 1 atom stereocenters. The number of hydrogen-bond acceptors (Lipinski definition) is 2. The molecule has 1 saturated carbocycles. The van der Waals surface area contributed by atoms with Crippen molar-refractivity contribution in [2.75, 3.05) is 13.1 Å². The average Bonchev–Trinajstić information content (AvgIpc) is 3.08. The maximum absolute atomic E-state index is 12.2. The Bertz CT molecular complexity index is 308. The van der Waals surface area contributed by atoms with Crippen LogP contribution in [0.4, 0.5) is 0 Å². The largest absolute Gasteiger partial charge is 0.354 e. The van der Waals surface area contributed by atoms with E-state index in [1.165, 1.54) is 12.8 Å². The van der Waals surface area contributed by atoms with Crippen molar-refractivity contribution in [3.63, 3.8) is 0 Å². The molecule has 0 aromatic rings. The number of amides is 1. The molecule has 1 aliphatic heterocycles. The van der Waals surface area contributed by atoms with Gasteiger partial charge in [-0.1, -0.05) is 27.2 Å². The SMILES string of the molecule is CCCC1(C(=O)NCC2NCCCC2(C)C)CC1. The summed E-state index contributed by atoms with van der Waals surface area (Å²) in [6.45, 7) is 8.64. The molecule has 2 fully saturated rings. The van der Waals surface area contributed by atoms with Crippen molar-refractivity contribution in [2.24, 2.45) is 10.8 Å². The van der Waals surface area contributed by atoms with Crippen LogP contribution in [0.3, 0.4) is 0 Å². The van der Waals surface area contributed by atoms with Crippen molar-refractivity contribution >= 4 is 5.91 Å². The topological polar surface area (TPSA) is 41.1 Å². The molecule has 3 nitrogen and oxygen atoms in total. The van der Waals surface area contributed by atoms with Gasteiger partial charge in [0.25, 0.3) is 0 Å². The van der Waals surface area contributed by atoms with Crippen LogP contribution in [-0.4, -0.2) is 25.0 Å². The highest BCUT2D eigenvalue weighted by Crippen LogP contribution is 2.49. The highest BCUT2D eigenvalue weighted by Gasteiger charge is 2.48. The number of nitrogens with one attached hydrogen (secondary N) is 2. The zero-order chi connectivity index (χ0) is 13.2. The van der Waals surface area contributed by atoms with E-state index in [9.17, 15) is 4.79 Å². The second kappa shape index (κ2) is 5.20. The van der Waals surface area contributed by atoms with E-state index in [1.807, 2.05) is 0 Å². The fraction of sp³-hybridized carbons (Fsp3) is 0.933. The maximum Gasteiger partial charge on any atom is 0.226 e. The van der Waals surface area contributed by atoms with E-state index in [4.69, 9.17) is 0 Å². The van der Waals surface area contributed by atoms with E-state index in [0.29, 0.717) is 17.4 Å². The molecule has 1 saturated heterocycles. The molecule has 2 aliphatic rings. The predicted molar refractivity (Wildman–Crippen MR) is 74.4 cm³/mol. The van der Waals surface area contributed by atoms with Gasteiger partial charge in [0.15, 0.2) is 0 Å². The quantitative estimate of drug-likeness (QED) is 0.789. The lowest BCUT2D eigenvalue weighted by Gasteiger charge is -2.39. The minimum Gasteiger partial charge on any atom is -0.354 e. The fourth-order valence-electron chi connectivity index (χ4n) is 3.22. The Kier molecular flexibility index (Phi) is 4.00. The Morgan fingerprint density at radius 3 is 2.61 bits per heavy atom. The van der Waals surface area contributed by atoms with Gasteiger partial charge in [0.1, 0.15) is 0 Å². The Labute approximate surface area is 111 Å². The molecule has 1 unspecified atom stereocenters. The van der Waals surface area contributed by atoms with E-state index in [2.05, 4.69) is 31.4 Å². The third-order valence-electron chi connectivity index (χ3n) is 4.86. The minimum atomic E-state index is 0.00750. The summed E-state index contributed by atoms with van der Waals surface area (Å²) < 4.78 is 0. The molecule has 1 amide bonds. The van der Waals surface area contributed by atoms with E-state index < -0.39 is 0 Å².